The number of ether oxygens (including phenoxy) is 1. The van der Waals surface area contributed by atoms with Crippen molar-refractivity contribution >= 4 is 45.2 Å². The number of benzene rings is 1. The molecule has 0 saturated heterocycles. The quantitative estimate of drug-likeness (QED) is 0.244. The minimum atomic E-state index is -0.345. The van der Waals surface area contributed by atoms with Crippen LogP contribution in [0, 0.1) is 5.82 Å². The average Bonchev–Trinajstić information content (AvgIpc) is 3.14. The summed E-state index contributed by atoms with van der Waals surface area (Å²) in [5.41, 5.74) is 1.12. The molecular weight excluding hydrogens is 417 g/mol. The number of nitrogens with zero attached hydrogens (tertiary/aromatic N) is 1. The number of fused-ring (bicyclic) bond motifs is 1. The lowest BCUT2D eigenvalue weighted by atomic mass is 10.1. The van der Waals surface area contributed by atoms with Crippen molar-refractivity contribution in [3.05, 3.63) is 45.8 Å². The van der Waals surface area contributed by atoms with Crippen LogP contribution in [-0.4, -0.2) is 41.3 Å². The van der Waals surface area contributed by atoms with E-state index in [1.54, 1.807) is 12.1 Å². The van der Waals surface area contributed by atoms with E-state index in [0.717, 1.165) is 17.3 Å². The summed E-state index contributed by atoms with van der Waals surface area (Å²) >= 11 is 2.43. The molecule has 0 spiro atoms. The number of H-pyrrole nitrogens is 1. The molecule has 7 nitrogen and oxygen atoms in total. The van der Waals surface area contributed by atoms with Crippen molar-refractivity contribution in [1.82, 2.24) is 15.3 Å². The molecule has 0 aliphatic carbocycles. The second-order valence-electron chi connectivity index (χ2n) is 6.03. The topological polar surface area (TPSA) is 101 Å². The molecule has 0 fully saturated rings. The van der Waals surface area contributed by atoms with Crippen LogP contribution in [-0.2, 0) is 14.3 Å². The fraction of sp³-hybridized carbons (Fsp3) is 0.263. The van der Waals surface area contributed by atoms with Gasteiger partial charge in [0.05, 0.1) is 18.2 Å². The number of hydrogen-bond acceptors (Lipinski definition) is 7. The first kappa shape index (κ1) is 21.0. The van der Waals surface area contributed by atoms with Crippen molar-refractivity contribution in [2.75, 3.05) is 19.4 Å². The number of methoxy groups -OCH3 is 1. The normalized spacial score (nSPS) is 10.8. The maximum Gasteiger partial charge on any atom is 0.305 e. The molecular formula is C19H18FN3O4S2. The maximum absolute atomic E-state index is 13.1. The van der Waals surface area contributed by atoms with E-state index in [9.17, 15) is 18.8 Å². The summed E-state index contributed by atoms with van der Waals surface area (Å²) in [5.74, 6) is -0.800. The van der Waals surface area contributed by atoms with E-state index < -0.39 is 0 Å². The summed E-state index contributed by atoms with van der Waals surface area (Å²) in [6.45, 7) is 0.365. The van der Waals surface area contributed by atoms with Gasteiger partial charge in [0.1, 0.15) is 10.6 Å². The summed E-state index contributed by atoms with van der Waals surface area (Å²) in [5, 5.41) is 5.30. The van der Waals surface area contributed by atoms with Gasteiger partial charge in [0, 0.05) is 23.9 Å². The number of esters is 1. The van der Waals surface area contributed by atoms with E-state index in [4.69, 9.17) is 0 Å². The van der Waals surface area contributed by atoms with Gasteiger partial charge in [-0.25, -0.2) is 9.37 Å². The lowest BCUT2D eigenvalue weighted by Gasteiger charge is -2.05. The van der Waals surface area contributed by atoms with Crippen molar-refractivity contribution in [3.63, 3.8) is 0 Å². The number of aromatic amines is 1. The first-order valence-electron chi connectivity index (χ1n) is 8.71. The zero-order valence-electron chi connectivity index (χ0n) is 15.5. The van der Waals surface area contributed by atoms with E-state index in [1.165, 1.54) is 30.6 Å². The Bertz CT molecular complexity index is 1080. The molecule has 29 heavy (non-hydrogen) atoms. The van der Waals surface area contributed by atoms with Crippen LogP contribution in [0.5, 0.6) is 0 Å². The van der Waals surface area contributed by atoms with Gasteiger partial charge in [-0.3, -0.25) is 14.4 Å². The highest BCUT2D eigenvalue weighted by atomic mass is 32.2. The predicted octanol–water partition coefficient (Wildman–Crippen LogP) is 2.95. The number of hydrogen-bond donors (Lipinski definition) is 2. The molecule has 0 bridgehead atoms. The molecule has 0 atom stereocenters. The van der Waals surface area contributed by atoms with E-state index in [-0.39, 0.29) is 35.4 Å². The first-order valence-corrected chi connectivity index (χ1v) is 10.6. The molecule has 152 valence electrons. The molecule has 3 aromatic rings. The standard InChI is InChI=1S/C19H18FN3O4S2/c1-27-15(25)3-2-8-21-14(24)10-29-19-22-17(26)16-13(9-28-18(16)23-19)11-4-6-12(20)7-5-11/h4-7,9H,2-3,8,10H2,1H3,(H,21,24)(H,22,23,26). The molecule has 2 N–H and O–H groups in total. The monoisotopic (exact) mass is 435 g/mol. The van der Waals surface area contributed by atoms with Gasteiger partial charge in [0.15, 0.2) is 5.16 Å². The Morgan fingerprint density at radius 3 is 2.79 bits per heavy atom. The Morgan fingerprint density at radius 2 is 2.07 bits per heavy atom. The van der Waals surface area contributed by atoms with E-state index in [2.05, 4.69) is 20.0 Å². The number of carbonyl (C=O) groups is 2. The summed E-state index contributed by atoms with van der Waals surface area (Å²) in [6.07, 6.45) is 0.732. The van der Waals surface area contributed by atoms with Crippen LogP contribution in [0.2, 0.25) is 0 Å². The smallest absolute Gasteiger partial charge is 0.305 e. The molecule has 10 heteroatoms. The van der Waals surface area contributed by atoms with Gasteiger partial charge < -0.3 is 15.0 Å². The van der Waals surface area contributed by atoms with E-state index in [1.807, 2.05) is 5.38 Å². The molecule has 3 rings (SSSR count). The highest BCUT2D eigenvalue weighted by Gasteiger charge is 2.14. The van der Waals surface area contributed by atoms with E-state index >= 15 is 0 Å². The largest absolute Gasteiger partial charge is 0.469 e. The minimum absolute atomic E-state index is 0.0862. The molecule has 0 aliphatic heterocycles. The van der Waals surface area contributed by atoms with Crippen LogP contribution in [0.3, 0.4) is 0 Å². The summed E-state index contributed by atoms with van der Waals surface area (Å²) < 4.78 is 17.7. The molecule has 0 saturated carbocycles. The third kappa shape index (κ3) is 5.42. The SMILES string of the molecule is COC(=O)CCCNC(=O)CSc1nc2scc(-c3ccc(F)cc3)c2c(=O)[nH]1. The van der Waals surface area contributed by atoms with Crippen molar-refractivity contribution in [2.45, 2.75) is 18.0 Å². The Balaban J connectivity index is 1.63. The van der Waals surface area contributed by atoms with E-state index in [0.29, 0.717) is 33.9 Å². The Morgan fingerprint density at radius 1 is 1.31 bits per heavy atom. The number of rotatable bonds is 8. The number of amides is 1. The highest BCUT2D eigenvalue weighted by Crippen LogP contribution is 2.31. The molecule has 1 amide bonds. The zero-order chi connectivity index (χ0) is 20.8. The molecule has 2 aromatic heterocycles. The number of halogens is 1. The van der Waals surface area contributed by atoms with Gasteiger partial charge >= 0.3 is 5.97 Å². The van der Waals surface area contributed by atoms with Gasteiger partial charge in [0.2, 0.25) is 5.91 Å². The summed E-state index contributed by atoms with van der Waals surface area (Å²) in [7, 11) is 1.32. The third-order valence-electron chi connectivity index (χ3n) is 4.02. The number of nitrogens with one attached hydrogen (secondary N) is 2. The molecule has 1 aromatic carbocycles. The van der Waals surface area contributed by atoms with Crippen LogP contribution < -0.4 is 10.9 Å². The Hall–Kier alpha value is -2.72. The lowest BCUT2D eigenvalue weighted by molar-refractivity contribution is -0.140. The second-order valence-corrected chi connectivity index (χ2v) is 7.85. The van der Waals surface area contributed by atoms with Gasteiger partial charge in [-0.2, -0.15) is 0 Å². The number of aromatic nitrogens is 2. The maximum atomic E-state index is 13.1. The number of thiophene rings is 1. The van der Waals surface area contributed by atoms with Crippen LogP contribution in [0.1, 0.15) is 12.8 Å². The number of carbonyl (C=O) groups excluding carboxylic acids is 2. The minimum Gasteiger partial charge on any atom is -0.469 e. The second kappa shape index (κ2) is 9.66. The highest BCUT2D eigenvalue weighted by molar-refractivity contribution is 7.99. The van der Waals surface area contributed by atoms with Gasteiger partial charge in [0.25, 0.3) is 5.56 Å². The van der Waals surface area contributed by atoms with Crippen LogP contribution in [0.15, 0.2) is 39.6 Å². The van der Waals surface area contributed by atoms with Crippen molar-refractivity contribution in [3.8, 4) is 11.1 Å². The van der Waals surface area contributed by atoms with Crippen molar-refractivity contribution < 1.29 is 18.7 Å². The fourth-order valence-corrected chi connectivity index (χ4v) is 4.28. The summed E-state index contributed by atoms with van der Waals surface area (Å²) in [6, 6.07) is 5.91. The molecule has 0 radical (unpaired) electrons. The van der Waals surface area contributed by atoms with Crippen molar-refractivity contribution in [1.29, 1.82) is 0 Å². The molecule has 2 heterocycles. The Kier molecular flexibility index (Phi) is 6.99. The summed E-state index contributed by atoms with van der Waals surface area (Å²) in [4.78, 5) is 43.1. The van der Waals surface area contributed by atoms with Crippen LogP contribution in [0.4, 0.5) is 4.39 Å². The molecule has 0 unspecified atom stereocenters. The fourth-order valence-electron chi connectivity index (χ4n) is 2.59. The van der Waals surface area contributed by atoms with Crippen LogP contribution in [0.25, 0.3) is 21.3 Å². The zero-order valence-corrected chi connectivity index (χ0v) is 17.1. The van der Waals surface area contributed by atoms with Gasteiger partial charge in [-0.15, -0.1) is 11.3 Å². The average molecular weight is 436 g/mol. The lowest BCUT2D eigenvalue weighted by Crippen LogP contribution is -2.26. The van der Waals surface area contributed by atoms with Crippen molar-refractivity contribution in [2.24, 2.45) is 0 Å². The van der Waals surface area contributed by atoms with Gasteiger partial charge in [-0.1, -0.05) is 23.9 Å². The third-order valence-corrected chi connectivity index (χ3v) is 5.77. The number of thioether (sulfide) groups is 1. The Labute approximate surface area is 173 Å². The van der Waals surface area contributed by atoms with Gasteiger partial charge in [-0.05, 0) is 24.1 Å². The molecule has 0 aliphatic rings. The predicted molar refractivity (Wildman–Crippen MR) is 111 cm³/mol. The first-order chi connectivity index (χ1) is 14.0. The van der Waals surface area contributed by atoms with Crippen LogP contribution >= 0.6 is 23.1 Å².